The molecule has 8 heteroatoms. The van der Waals surface area contributed by atoms with Crippen LogP contribution in [0.2, 0.25) is 0 Å². The summed E-state index contributed by atoms with van der Waals surface area (Å²) in [5, 5.41) is 3.67. The molecule has 5 nitrogen and oxygen atoms in total. The summed E-state index contributed by atoms with van der Waals surface area (Å²) in [6.07, 6.45) is -2.71. The lowest BCUT2D eigenvalue weighted by Crippen LogP contribution is -2.34. The molecule has 0 aliphatic carbocycles. The molecule has 0 saturated carbocycles. The molecule has 0 bridgehead atoms. The van der Waals surface area contributed by atoms with Crippen LogP contribution in [-0.2, 0) is 6.18 Å². The van der Waals surface area contributed by atoms with Crippen LogP contribution in [0.25, 0.3) is 5.78 Å². The number of fused-ring (bicyclic) bond motifs is 1. The molecule has 1 aromatic carbocycles. The van der Waals surface area contributed by atoms with Gasteiger partial charge in [0.25, 0.3) is 11.6 Å². The van der Waals surface area contributed by atoms with Crippen LogP contribution < -0.4 is 4.90 Å². The Morgan fingerprint density at radius 3 is 2.41 bits per heavy atom. The Hall–Kier alpha value is -2.64. The molecule has 0 unspecified atom stereocenters. The highest BCUT2D eigenvalue weighted by Gasteiger charge is 2.37. The Morgan fingerprint density at radius 2 is 1.74 bits per heavy atom. The fourth-order valence-electron chi connectivity index (χ4n) is 3.78. The number of aryl methyl sites for hydroxylation is 2. The number of hydrogen-bond donors (Lipinski definition) is 0. The van der Waals surface area contributed by atoms with Crippen molar-refractivity contribution in [2.45, 2.75) is 38.8 Å². The van der Waals surface area contributed by atoms with Crippen molar-refractivity contribution in [3.63, 3.8) is 0 Å². The van der Waals surface area contributed by atoms with Crippen molar-refractivity contribution in [1.29, 1.82) is 0 Å². The average Bonchev–Trinajstić information content (AvgIpc) is 3.06. The van der Waals surface area contributed by atoms with Crippen LogP contribution in [0.1, 0.15) is 41.4 Å². The second kappa shape index (κ2) is 6.51. The highest BCUT2D eigenvalue weighted by Crippen LogP contribution is 2.33. The lowest BCUT2D eigenvalue weighted by molar-refractivity contribution is -0.144. The van der Waals surface area contributed by atoms with Crippen molar-refractivity contribution in [1.82, 2.24) is 19.6 Å². The molecule has 2 aromatic heterocycles. The molecule has 1 saturated heterocycles. The summed E-state index contributed by atoms with van der Waals surface area (Å²) in [5.74, 6) is -0.0962. The molecule has 142 valence electrons. The van der Waals surface area contributed by atoms with E-state index in [1.807, 2.05) is 6.07 Å². The molecule has 0 atom stereocenters. The van der Waals surface area contributed by atoms with Gasteiger partial charge in [-0.1, -0.05) is 24.3 Å². The molecule has 0 radical (unpaired) electrons. The molecule has 1 aliphatic heterocycles. The van der Waals surface area contributed by atoms with E-state index >= 15 is 0 Å². The second-order valence-corrected chi connectivity index (χ2v) is 7.02. The summed E-state index contributed by atoms with van der Waals surface area (Å²) in [5.41, 5.74) is 3.26. The van der Waals surface area contributed by atoms with Gasteiger partial charge in [0.2, 0.25) is 0 Å². The van der Waals surface area contributed by atoms with Gasteiger partial charge in [0.05, 0.1) is 0 Å². The Bertz CT molecular complexity index is 971. The van der Waals surface area contributed by atoms with Crippen molar-refractivity contribution < 1.29 is 13.2 Å². The topological polar surface area (TPSA) is 46.3 Å². The van der Waals surface area contributed by atoms with Crippen LogP contribution in [0, 0.1) is 13.8 Å². The maximum absolute atomic E-state index is 13.0. The minimum Gasteiger partial charge on any atom is -0.356 e. The molecule has 4 rings (SSSR count). The number of rotatable bonds is 2. The van der Waals surface area contributed by atoms with Crippen molar-refractivity contribution in [3.8, 4) is 0 Å². The Kier molecular flexibility index (Phi) is 4.28. The normalized spacial score (nSPS) is 16.3. The molecule has 0 N–H and O–H groups in total. The third-order valence-electron chi connectivity index (χ3n) is 5.12. The van der Waals surface area contributed by atoms with Gasteiger partial charge in [0.1, 0.15) is 5.82 Å². The molecule has 27 heavy (non-hydrogen) atoms. The number of alkyl halides is 3. The molecular weight excluding hydrogens is 355 g/mol. The first-order valence-corrected chi connectivity index (χ1v) is 8.95. The van der Waals surface area contributed by atoms with Gasteiger partial charge in [0, 0.05) is 24.8 Å². The zero-order valence-corrected chi connectivity index (χ0v) is 15.2. The fourth-order valence-corrected chi connectivity index (χ4v) is 3.78. The van der Waals surface area contributed by atoms with Gasteiger partial charge in [-0.2, -0.15) is 22.7 Å². The lowest BCUT2D eigenvalue weighted by atomic mass is 9.87. The van der Waals surface area contributed by atoms with Crippen LogP contribution in [0.5, 0.6) is 0 Å². The first-order valence-electron chi connectivity index (χ1n) is 8.95. The summed E-state index contributed by atoms with van der Waals surface area (Å²) < 4.78 is 40.2. The van der Waals surface area contributed by atoms with Crippen molar-refractivity contribution in [2.24, 2.45) is 0 Å². The standard InChI is InChI=1S/C19H20F3N5/c1-12-5-3-4-6-15(12)14-7-9-26(10-8-14)16-11-13(2)23-18-24-17(19(20,21)22)25-27(16)18/h3-6,11,14H,7-10H2,1-2H3. The maximum Gasteiger partial charge on any atom is 0.453 e. The van der Waals surface area contributed by atoms with Crippen molar-refractivity contribution in [3.05, 3.63) is 53.0 Å². The zero-order chi connectivity index (χ0) is 19.2. The van der Waals surface area contributed by atoms with Gasteiger partial charge in [-0.25, -0.2) is 4.98 Å². The van der Waals surface area contributed by atoms with E-state index in [1.54, 1.807) is 13.0 Å². The Balaban J connectivity index is 1.62. The smallest absolute Gasteiger partial charge is 0.356 e. The number of piperidine rings is 1. The van der Waals surface area contributed by atoms with E-state index in [-0.39, 0.29) is 5.78 Å². The zero-order valence-electron chi connectivity index (χ0n) is 15.2. The van der Waals surface area contributed by atoms with Crippen LogP contribution in [0.3, 0.4) is 0 Å². The third kappa shape index (κ3) is 3.36. The van der Waals surface area contributed by atoms with Crippen LogP contribution >= 0.6 is 0 Å². The summed E-state index contributed by atoms with van der Waals surface area (Å²) in [4.78, 5) is 9.74. The summed E-state index contributed by atoms with van der Waals surface area (Å²) in [6.45, 7) is 5.37. The largest absolute Gasteiger partial charge is 0.453 e. The van der Waals surface area contributed by atoms with Crippen LogP contribution in [-0.4, -0.2) is 32.7 Å². The van der Waals surface area contributed by atoms with Crippen LogP contribution in [0.15, 0.2) is 30.3 Å². The van der Waals surface area contributed by atoms with E-state index < -0.39 is 12.0 Å². The molecule has 1 aliphatic rings. The van der Waals surface area contributed by atoms with Crippen molar-refractivity contribution in [2.75, 3.05) is 18.0 Å². The minimum absolute atomic E-state index is 0.0154. The number of benzene rings is 1. The number of hydrogen-bond acceptors (Lipinski definition) is 4. The number of nitrogens with zero attached hydrogens (tertiary/aromatic N) is 5. The third-order valence-corrected chi connectivity index (χ3v) is 5.12. The minimum atomic E-state index is -4.59. The van der Waals surface area contributed by atoms with Gasteiger partial charge in [-0.05, 0) is 43.7 Å². The molecule has 0 amide bonds. The van der Waals surface area contributed by atoms with Crippen LogP contribution in [0.4, 0.5) is 19.0 Å². The molecule has 3 aromatic rings. The monoisotopic (exact) mass is 375 g/mol. The van der Waals surface area contributed by atoms with Gasteiger partial charge in [-0.3, -0.25) is 0 Å². The lowest BCUT2D eigenvalue weighted by Gasteiger charge is -2.34. The van der Waals surface area contributed by atoms with Gasteiger partial charge in [0.15, 0.2) is 0 Å². The average molecular weight is 375 g/mol. The van der Waals surface area contributed by atoms with E-state index in [4.69, 9.17) is 0 Å². The predicted molar refractivity (Wildman–Crippen MR) is 95.9 cm³/mol. The first-order chi connectivity index (χ1) is 12.8. The van der Waals surface area contributed by atoms with Crippen molar-refractivity contribution >= 4 is 11.6 Å². The Morgan fingerprint density at radius 1 is 1.04 bits per heavy atom. The Labute approximate surface area is 154 Å². The van der Waals surface area contributed by atoms with E-state index in [0.29, 0.717) is 17.4 Å². The van der Waals surface area contributed by atoms with E-state index in [9.17, 15) is 13.2 Å². The SMILES string of the molecule is Cc1cc(N2CCC(c3ccccc3C)CC2)n2nc(C(F)(F)F)nc2n1. The van der Waals surface area contributed by atoms with E-state index in [2.05, 4.69) is 45.1 Å². The summed E-state index contributed by atoms with van der Waals surface area (Å²) >= 11 is 0. The first kappa shape index (κ1) is 17.8. The predicted octanol–water partition coefficient (Wildman–Crippen LogP) is 4.14. The molecule has 1 fully saturated rings. The van der Waals surface area contributed by atoms with Gasteiger partial charge in [-0.15, -0.1) is 5.10 Å². The van der Waals surface area contributed by atoms with Gasteiger partial charge < -0.3 is 4.90 Å². The number of aromatic nitrogens is 4. The molecular formula is C19H20F3N5. The quantitative estimate of drug-likeness (QED) is 0.675. The maximum atomic E-state index is 13.0. The number of halogens is 3. The fraction of sp³-hybridized carbons (Fsp3) is 0.421. The molecule has 0 spiro atoms. The number of anilines is 1. The van der Waals surface area contributed by atoms with E-state index in [0.717, 1.165) is 25.9 Å². The highest BCUT2D eigenvalue weighted by molar-refractivity contribution is 5.48. The summed E-state index contributed by atoms with van der Waals surface area (Å²) in [6, 6.07) is 10.1. The molecule has 3 heterocycles. The highest BCUT2D eigenvalue weighted by atomic mass is 19.4. The van der Waals surface area contributed by atoms with Gasteiger partial charge >= 0.3 is 6.18 Å². The second-order valence-electron chi connectivity index (χ2n) is 7.02. The van der Waals surface area contributed by atoms with E-state index in [1.165, 1.54) is 15.6 Å². The summed E-state index contributed by atoms with van der Waals surface area (Å²) in [7, 11) is 0.